The van der Waals surface area contributed by atoms with Gasteiger partial charge < -0.3 is 10.6 Å². The molecule has 1 amide bonds. The molecule has 1 atom stereocenters. The number of hydrogen-bond donors (Lipinski definition) is 2. The maximum atomic E-state index is 11.7. The van der Waals surface area contributed by atoms with Crippen LogP contribution in [0.2, 0.25) is 0 Å². The van der Waals surface area contributed by atoms with Crippen LogP contribution in [0, 0.1) is 11.3 Å². The van der Waals surface area contributed by atoms with Crippen molar-refractivity contribution < 1.29 is 4.79 Å². The lowest BCUT2D eigenvalue weighted by molar-refractivity contribution is -0.127. The summed E-state index contributed by atoms with van der Waals surface area (Å²) in [7, 11) is 0. The largest absolute Gasteiger partial charge is 0.355 e. The van der Waals surface area contributed by atoms with Gasteiger partial charge >= 0.3 is 0 Å². The molecule has 2 N–H and O–H groups in total. The number of carbonyl (C=O) groups is 1. The van der Waals surface area contributed by atoms with E-state index in [4.69, 9.17) is 0 Å². The molecule has 3 nitrogen and oxygen atoms in total. The Morgan fingerprint density at radius 1 is 1.19 bits per heavy atom. The first-order valence-corrected chi connectivity index (χ1v) is 5.88. The number of amides is 1. The maximum absolute atomic E-state index is 11.7. The monoisotopic (exact) mass is 250 g/mol. The normalized spacial score (nSPS) is 12.8. The maximum Gasteiger partial charge on any atom is 0.223 e. The van der Waals surface area contributed by atoms with E-state index in [1.807, 2.05) is 6.92 Å². The highest BCUT2D eigenvalue weighted by molar-refractivity contribution is 5.85. The van der Waals surface area contributed by atoms with Crippen molar-refractivity contribution >= 4 is 18.3 Å². The predicted octanol–water partition coefficient (Wildman–Crippen LogP) is 2.21. The summed E-state index contributed by atoms with van der Waals surface area (Å²) in [4.78, 5) is 11.7. The fourth-order valence-corrected chi connectivity index (χ4v) is 1.12. The molecule has 0 aliphatic heterocycles. The minimum atomic E-state index is 0. The molecule has 0 saturated carbocycles. The van der Waals surface area contributed by atoms with Crippen LogP contribution in [0.5, 0.6) is 0 Å². The van der Waals surface area contributed by atoms with Crippen molar-refractivity contribution in [1.29, 1.82) is 0 Å². The van der Waals surface area contributed by atoms with Gasteiger partial charge in [0.05, 0.1) is 0 Å². The van der Waals surface area contributed by atoms with Crippen molar-refractivity contribution in [3.63, 3.8) is 0 Å². The van der Waals surface area contributed by atoms with Gasteiger partial charge in [0.2, 0.25) is 5.91 Å². The zero-order chi connectivity index (χ0) is 11.9. The summed E-state index contributed by atoms with van der Waals surface area (Å²) in [5.74, 6) is 0.212. The zero-order valence-corrected chi connectivity index (χ0v) is 12.0. The molecule has 0 bridgehead atoms. The molecular weight excluding hydrogens is 224 g/mol. The minimum absolute atomic E-state index is 0. The molecule has 0 fully saturated rings. The molecule has 4 heteroatoms. The Balaban J connectivity index is 0. The lowest BCUT2D eigenvalue weighted by atomic mass is 9.81. The number of halogens is 1. The van der Waals surface area contributed by atoms with Crippen LogP contribution in [0.1, 0.15) is 41.0 Å². The predicted molar refractivity (Wildman–Crippen MR) is 72.0 cm³/mol. The van der Waals surface area contributed by atoms with Gasteiger partial charge in [-0.15, -0.1) is 12.4 Å². The Morgan fingerprint density at radius 2 is 1.75 bits per heavy atom. The molecule has 0 aliphatic rings. The van der Waals surface area contributed by atoms with Crippen LogP contribution in [0.15, 0.2) is 0 Å². The van der Waals surface area contributed by atoms with Crippen molar-refractivity contribution in [3.8, 4) is 0 Å². The lowest BCUT2D eigenvalue weighted by Crippen LogP contribution is -2.39. The van der Waals surface area contributed by atoms with Crippen LogP contribution >= 0.6 is 12.4 Å². The van der Waals surface area contributed by atoms with E-state index in [9.17, 15) is 4.79 Å². The Morgan fingerprint density at radius 3 is 2.19 bits per heavy atom. The molecular formula is C12H27ClN2O. The summed E-state index contributed by atoms with van der Waals surface area (Å²) in [6.07, 6.45) is 1.13. The second kappa shape index (κ2) is 8.82. The molecule has 0 aromatic carbocycles. The van der Waals surface area contributed by atoms with Crippen LogP contribution in [-0.4, -0.2) is 25.5 Å². The summed E-state index contributed by atoms with van der Waals surface area (Å²) in [6.45, 7) is 13.0. The van der Waals surface area contributed by atoms with Gasteiger partial charge in [-0.2, -0.15) is 0 Å². The van der Waals surface area contributed by atoms with Crippen LogP contribution in [0.25, 0.3) is 0 Å². The van der Waals surface area contributed by atoms with E-state index >= 15 is 0 Å². The van der Waals surface area contributed by atoms with Gasteiger partial charge in [0.15, 0.2) is 0 Å². The molecule has 0 rings (SSSR count). The quantitative estimate of drug-likeness (QED) is 0.710. The summed E-state index contributed by atoms with van der Waals surface area (Å²) < 4.78 is 0. The highest BCUT2D eigenvalue weighted by atomic mass is 35.5. The van der Waals surface area contributed by atoms with Gasteiger partial charge in [-0.3, -0.25) is 4.79 Å². The smallest absolute Gasteiger partial charge is 0.223 e. The van der Waals surface area contributed by atoms with Gasteiger partial charge in [-0.1, -0.05) is 34.6 Å². The van der Waals surface area contributed by atoms with E-state index in [1.165, 1.54) is 0 Å². The van der Waals surface area contributed by atoms with E-state index in [2.05, 4.69) is 38.3 Å². The van der Waals surface area contributed by atoms with E-state index in [0.717, 1.165) is 26.1 Å². The molecule has 98 valence electrons. The molecule has 0 aromatic heterocycles. The molecule has 0 spiro atoms. The topological polar surface area (TPSA) is 41.1 Å². The summed E-state index contributed by atoms with van der Waals surface area (Å²) in [5, 5.41) is 6.20. The molecule has 1 unspecified atom stereocenters. The molecule has 0 radical (unpaired) electrons. The van der Waals surface area contributed by atoms with Gasteiger partial charge in [0.1, 0.15) is 0 Å². The van der Waals surface area contributed by atoms with Crippen LogP contribution in [0.4, 0.5) is 0 Å². The van der Waals surface area contributed by atoms with Gasteiger partial charge in [-0.05, 0) is 18.4 Å². The number of carbonyl (C=O) groups excluding carboxylic acids is 1. The van der Waals surface area contributed by atoms with E-state index in [0.29, 0.717) is 0 Å². The average molecular weight is 251 g/mol. The first kappa shape index (κ1) is 18.1. The van der Waals surface area contributed by atoms with Gasteiger partial charge in [0, 0.05) is 19.0 Å². The fraction of sp³-hybridized carbons (Fsp3) is 0.917. The Labute approximate surface area is 106 Å². The number of hydrogen-bond acceptors (Lipinski definition) is 2. The summed E-state index contributed by atoms with van der Waals surface area (Å²) in [6, 6.07) is 0. The zero-order valence-electron chi connectivity index (χ0n) is 11.2. The standard InChI is InChI=1S/C12H26N2O.ClH/c1-6-7-13-8-9-14-11(15)10(2)12(3,4)5;/h10,13H,6-9H2,1-5H3,(H,14,15);1H. The fourth-order valence-electron chi connectivity index (χ4n) is 1.12. The van der Waals surface area contributed by atoms with Crippen LogP contribution < -0.4 is 10.6 Å². The van der Waals surface area contributed by atoms with Crippen molar-refractivity contribution in [3.05, 3.63) is 0 Å². The molecule has 0 aliphatic carbocycles. The van der Waals surface area contributed by atoms with Crippen molar-refractivity contribution in [2.45, 2.75) is 41.0 Å². The first-order valence-electron chi connectivity index (χ1n) is 5.88. The molecule has 0 aromatic rings. The van der Waals surface area contributed by atoms with E-state index in [-0.39, 0.29) is 29.6 Å². The lowest BCUT2D eigenvalue weighted by Gasteiger charge is -2.26. The third kappa shape index (κ3) is 7.94. The van der Waals surface area contributed by atoms with Crippen molar-refractivity contribution in [1.82, 2.24) is 10.6 Å². The number of rotatable bonds is 6. The van der Waals surface area contributed by atoms with Crippen LogP contribution in [-0.2, 0) is 4.79 Å². The molecule has 0 saturated heterocycles. The Kier molecular flexibility index (Phi) is 9.98. The molecule has 0 heterocycles. The van der Waals surface area contributed by atoms with Crippen molar-refractivity contribution in [2.75, 3.05) is 19.6 Å². The summed E-state index contributed by atoms with van der Waals surface area (Å²) in [5.41, 5.74) is 0.0426. The Bertz CT molecular complexity index is 190. The van der Waals surface area contributed by atoms with Crippen molar-refractivity contribution in [2.24, 2.45) is 11.3 Å². The third-order valence-electron chi connectivity index (χ3n) is 2.72. The van der Waals surface area contributed by atoms with Gasteiger partial charge in [-0.25, -0.2) is 0 Å². The molecule has 16 heavy (non-hydrogen) atoms. The van der Waals surface area contributed by atoms with Crippen LogP contribution in [0.3, 0.4) is 0 Å². The average Bonchev–Trinajstić information content (AvgIpc) is 2.14. The first-order chi connectivity index (χ1) is 6.89. The second-order valence-electron chi connectivity index (χ2n) is 5.13. The van der Waals surface area contributed by atoms with E-state index in [1.54, 1.807) is 0 Å². The third-order valence-corrected chi connectivity index (χ3v) is 2.72. The van der Waals surface area contributed by atoms with E-state index < -0.39 is 0 Å². The second-order valence-corrected chi connectivity index (χ2v) is 5.13. The van der Waals surface area contributed by atoms with Gasteiger partial charge in [0.25, 0.3) is 0 Å². The minimum Gasteiger partial charge on any atom is -0.355 e. The highest BCUT2D eigenvalue weighted by Gasteiger charge is 2.26. The number of nitrogens with one attached hydrogen (secondary N) is 2. The SMILES string of the molecule is CCCNCCNC(=O)C(C)C(C)(C)C.Cl. The highest BCUT2D eigenvalue weighted by Crippen LogP contribution is 2.24. The summed E-state index contributed by atoms with van der Waals surface area (Å²) >= 11 is 0. The Hall–Kier alpha value is -0.280.